The smallest absolute Gasteiger partial charge is 0.153 e. The van der Waals surface area contributed by atoms with Crippen LogP contribution >= 0.6 is 11.6 Å². The molecule has 3 heterocycles. The van der Waals surface area contributed by atoms with Crippen LogP contribution in [-0.4, -0.2) is 23.5 Å². The molecule has 0 bridgehead atoms. The number of rotatable bonds is 2. The highest BCUT2D eigenvalue weighted by Gasteiger charge is 2.26. The maximum atomic E-state index is 6.37. The second-order valence-corrected chi connectivity index (χ2v) is 6.22. The second kappa shape index (κ2) is 5.41. The van der Waals surface area contributed by atoms with Gasteiger partial charge in [-0.3, -0.25) is 4.90 Å². The third-order valence-corrected chi connectivity index (χ3v) is 4.70. The van der Waals surface area contributed by atoms with Gasteiger partial charge in [-0.25, -0.2) is 4.98 Å². The number of hydrogen-bond donors (Lipinski definition) is 0. The molecule has 112 valence electrons. The molecule has 1 unspecified atom stereocenters. The van der Waals surface area contributed by atoms with Crippen molar-refractivity contribution in [1.82, 2.24) is 9.88 Å². The molecular formula is C18H17ClN2O. The van der Waals surface area contributed by atoms with Crippen molar-refractivity contribution in [3.05, 3.63) is 53.4 Å². The molecule has 1 atom stereocenters. The summed E-state index contributed by atoms with van der Waals surface area (Å²) in [5.41, 5.74) is 3.60. The Bertz CT molecular complexity index is 813. The first-order valence-electron chi connectivity index (χ1n) is 7.58. The maximum Gasteiger partial charge on any atom is 0.153 e. The summed E-state index contributed by atoms with van der Waals surface area (Å²) in [7, 11) is 2.14. The van der Waals surface area contributed by atoms with Crippen LogP contribution in [0.25, 0.3) is 22.2 Å². The van der Waals surface area contributed by atoms with Crippen LogP contribution < -0.4 is 0 Å². The molecule has 3 nitrogen and oxygen atoms in total. The first-order valence-corrected chi connectivity index (χ1v) is 7.96. The fraction of sp³-hybridized carbons (Fsp3) is 0.278. The minimum atomic E-state index is 0.355. The van der Waals surface area contributed by atoms with Crippen molar-refractivity contribution in [2.45, 2.75) is 18.9 Å². The molecule has 4 rings (SSSR count). The van der Waals surface area contributed by atoms with E-state index in [4.69, 9.17) is 16.0 Å². The number of pyridine rings is 1. The molecule has 3 aromatic rings. The van der Waals surface area contributed by atoms with Crippen molar-refractivity contribution >= 4 is 22.7 Å². The van der Waals surface area contributed by atoms with Gasteiger partial charge in [0.1, 0.15) is 16.4 Å². The number of likely N-dealkylation sites (tertiary alicyclic amines) is 1. The molecule has 2 aromatic heterocycles. The van der Waals surface area contributed by atoms with Crippen molar-refractivity contribution in [1.29, 1.82) is 0 Å². The Balaban J connectivity index is 1.80. The van der Waals surface area contributed by atoms with E-state index in [2.05, 4.69) is 16.9 Å². The van der Waals surface area contributed by atoms with Crippen molar-refractivity contribution in [3.63, 3.8) is 0 Å². The lowest BCUT2D eigenvalue weighted by Crippen LogP contribution is -2.16. The monoisotopic (exact) mass is 312 g/mol. The Morgan fingerprint density at radius 1 is 1.23 bits per heavy atom. The lowest BCUT2D eigenvalue weighted by molar-refractivity contribution is 0.281. The summed E-state index contributed by atoms with van der Waals surface area (Å²) in [6.07, 6.45) is 2.34. The van der Waals surface area contributed by atoms with Crippen LogP contribution in [0, 0.1) is 0 Å². The van der Waals surface area contributed by atoms with E-state index in [0.717, 1.165) is 41.0 Å². The number of benzene rings is 1. The van der Waals surface area contributed by atoms with Gasteiger partial charge in [-0.2, -0.15) is 0 Å². The molecule has 1 aromatic carbocycles. The van der Waals surface area contributed by atoms with E-state index in [1.54, 1.807) is 0 Å². The van der Waals surface area contributed by atoms with Gasteiger partial charge >= 0.3 is 0 Å². The normalized spacial score (nSPS) is 19.1. The van der Waals surface area contributed by atoms with Gasteiger partial charge in [-0.05, 0) is 38.1 Å². The Hall–Kier alpha value is -1.84. The SMILES string of the molecule is CN1CCCC1c1cc2nc(Cl)c(-c3ccccc3)cc2o1. The fourth-order valence-corrected chi connectivity index (χ4v) is 3.47. The molecule has 0 aliphatic carbocycles. The summed E-state index contributed by atoms with van der Waals surface area (Å²) in [5.74, 6) is 0.990. The molecule has 1 saturated heterocycles. The quantitative estimate of drug-likeness (QED) is 0.629. The third kappa shape index (κ3) is 2.31. The molecule has 0 spiro atoms. The summed E-state index contributed by atoms with van der Waals surface area (Å²) in [4.78, 5) is 6.85. The van der Waals surface area contributed by atoms with Crippen LogP contribution in [0.1, 0.15) is 24.6 Å². The predicted molar refractivity (Wildman–Crippen MR) is 89.1 cm³/mol. The van der Waals surface area contributed by atoms with Crippen LogP contribution in [0.4, 0.5) is 0 Å². The predicted octanol–water partition coefficient (Wildman–Crippen LogP) is 4.91. The van der Waals surface area contributed by atoms with Gasteiger partial charge in [0.2, 0.25) is 0 Å². The van der Waals surface area contributed by atoms with Gasteiger partial charge in [0.15, 0.2) is 5.58 Å². The van der Waals surface area contributed by atoms with Crippen LogP contribution in [0.3, 0.4) is 0 Å². The summed E-state index contributed by atoms with van der Waals surface area (Å²) < 4.78 is 6.08. The van der Waals surface area contributed by atoms with Gasteiger partial charge < -0.3 is 4.42 Å². The summed E-state index contributed by atoms with van der Waals surface area (Å²) in [6.45, 7) is 1.12. The molecular weight excluding hydrogens is 296 g/mol. The van der Waals surface area contributed by atoms with Crippen LogP contribution in [0.2, 0.25) is 5.15 Å². The molecule has 1 fully saturated rings. The molecule has 0 radical (unpaired) electrons. The van der Waals surface area contributed by atoms with Crippen LogP contribution in [-0.2, 0) is 0 Å². The van der Waals surface area contributed by atoms with E-state index in [1.807, 2.05) is 42.5 Å². The average molecular weight is 313 g/mol. The van der Waals surface area contributed by atoms with E-state index in [9.17, 15) is 0 Å². The van der Waals surface area contributed by atoms with E-state index in [0.29, 0.717) is 11.2 Å². The summed E-state index contributed by atoms with van der Waals surface area (Å²) in [5, 5.41) is 0.519. The van der Waals surface area contributed by atoms with E-state index < -0.39 is 0 Å². The van der Waals surface area contributed by atoms with Crippen LogP contribution in [0.5, 0.6) is 0 Å². The molecule has 1 aliphatic rings. The second-order valence-electron chi connectivity index (χ2n) is 5.86. The van der Waals surface area contributed by atoms with E-state index >= 15 is 0 Å². The number of halogens is 1. The first kappa shape index (κ1) is 13.8. The number of furan rings is 1. The van der Waals surface area contributed by atoms with E-state index in [1.165, 1.54) is 6.42 Å². The maximum absolute atomic E-state index is 6.37. The highest BCUT2D eigenvalue weighted by Crippen LogP contribution is 2.36. The summed E-state index contributed by atoms with van der Waals surface area (Å²) in [6, 6.07) is 14.4. The van der Waals surface area contributed by atoms with Crippen molar-refractivity contribution < 1.29 is 4.42 Å². The largest absolute Gasteiger partial charge is 0.458 e. The fourth-order valence-electron chi connectivity index (χ4n) is 3.22. The highest BCUT2D eigenvalue weighted by molar-refractivity contribution is 6.32. The minimum absolute atomic E-state index is 0.355. The summed E-state index contributed by atoms with van der Waals surface area (Å²) >= 11 is 6.37. The van der Waals surface area contributed by atoms with Crippen molar-refractivity contribution in [2.24, 2.45) is 0 Å². The third-order valence-electron chi connectivity index (χ3n) is 4.41. The lowest BCUT2D eigenvalue weighted by atomic mass is 10.1. The first-order chi connectivity index (χ1) is 10.7. The molecule has 22 heavy (non-hydrogen) atoms. The Morgan fingerprint density at radius 3 is 2.77 bits per heavy atom. The zero-order chi connectivity index (χ0) is 15.1. The van der Waals surface area contributed by atoms with Crippen molar-refractivity contribution in [3.8, 4) is 11.1 Å². The Morgan fingerprint density at radius 2 is 2.05 bits per heavy atom. The van der Waals surface area contributed by atoms with Gasteiger partial charge in [0.25, 0.3) is 0 Å². The van der Waals surface area contributed by atoms with E-state index in [-0.39, 0.29) is 0 Å². The van der Waals surface area contributed by atoms with Gasteiger partial charge in [-0.15, -0.1) is 0 Å². The van der Waals surface area contributed by atoms with Gasteiger partial charge in [-0.1, -0.05) is 41.9 Å². The standard InChI is InChI=1S/C18H17ClN2O/c1-21-9-5-8-15(21)17-11-14-16(22-17)10-13(18(19)20-14)12-6-3-2-4-7-12/h2-4,6-7,10-11,15H,5,8-9H2,1H3. The Kier molecular flexibility index (Phi) is 3.40. The number of nitrogens with zero attached hydrogens (tertiary/aromatic N) is 2. The average Bonchev–Trinajstić information content (AvgIpc) is 3.12. The van der Waals surface area contributed by atoms with Crippen molar-refractivity contribution in [2.75, 3.05) is 13.6 Å². The van der Waals surface area contributed by atoms with Crippen LogP contribution in [0.15, 0.2) is 46.9 Å². The van der Waals surface area contributed by atoms with Gasteiger partial charge in [0, 0.05) is 11.6 Å². The zero-order valence-corrected chi connectivity index (χ0v) is 13.2. The molecule has 1 aliphatic heterocycles. The molecule has 0 amide bonds. The Labute approximate surface area is 134 Å². The number of aromatic nitrogens is 1. The molecule has 0 saturated carbocycles. The number of fused-ring (bicyclic) bond motifs is 1. The molecule has 4 heteroatoms. The van der Waals surface area contributed by atoms with Gasteiger partial charge in [0.05, 0.1) is 6.04 Å². The highest BCUT2D eigenvalue weighted by atomic mass is 35.5. The topological polar surface area (TPSA) is 29.3 Å². The minimum Gasteiger partial charge on any atom is -0.458 e. The lowest BCUT2D eigenvalue weighted by Gasteiger charge is -2.16. The molecule has 0 N–H and O–H groups in total. The number of hydrogen-bond acceptors (Lipinski definition) is 3. The zero-order valence-electron chi connectivity index (χ0n) is 12.4.